The number of aliphatic hydroxyl groups is 1. The van der Waals surface area contributed by atoms with E-state index in [1.807, 2.05) is 0 Å². The summed E-state index contributed by atoms with van der Waals surface area (Å²) in [5.74, 6) is 6.34. The van der Waals surface area contributed by atoms with E-state index in [4.69, 9.17) is 9.52 Å². The topological polar surface area (TPSA) is 79.5 Å². The van der Waals surface area contributed by atoms with Gasteiger partial charge in [0.05, 0.1) is 11.4 Å². The van der Waals surface area contributed by atoms with Gasteiger partial charge in [0.1, 0.15) is 18.1 Å². The second kappa shape index (κ2) is 6.59. The minimum Gasteiger partial charge on any atom is -0.465 e. The van der Waals surface area contributed by atoms with Crippen LogP contribution in [0.25, 0.3) is 0 Å². The SMILES string of the molecule is Cc1ccc(CNS(=O)(=O)c2ccccc2C#CCO)o1. The minimum absolute atomic E-state index is 0.0674. The van der Waals surface area contributed by atoms with Gasteiger partial charge in [0.25, 0.3) is 0 Å². The second-order valence-corrected chi connectivity index (χ2v) is 6.03. The molecule has 6 heteroatoms. The van der Waals surface area contributed by atoms with Gasteiger partial charge in [-0.25, -0.2) is 13.1 Å². The quantitative estimate of drug-likeness (QED) is 0.837. The normalized spacial score (nSPS) is 11.0. The van der Waals surface area contributed by atoms with Crippen LogP contribution in [-0.4, -0.2) is 20.1 Å². The Kier molecular flexibility index (Phi) is 4.81. The number of sulfonamides is 1. The molecular weight excluding hydrogens is 290 g/mol. The number of rotatable bonds is 4. The number of hydrogen-bond donors (Lipinski definition) is 2. The first-order chi connectivity index (χ1) is 10.0. The van der Waals surface area contributed by atoms with Gasteiger partial charge >= 0.3 is 0 Å². The summed E-state index contributed by atoms with van der Waals surface area (Å²) in [5.41, 5.74) is 0.342. The molecule has 0 aliphatic carbocycles. The van der Waals surface area contributed by atoms with Crippen molar-refractivity contribution in [1.82, 2.24) is 4.72 Å². The van der Waals surface area contributed by atoms with Crippen molar-refractivity contribution < 1.29 is 17.9 Å². The Morgan fingerprint density at radius 3 is 2.67 bits per heavy atom. The molecule has 5 nitrogen and oxygen atoms in total. The maximum Gasteiger partial charge on any atom is 0.242 e. The van der Waals surface area contributed by atoms with E-state index >= 15 is 0 Å². The van der Waals surface area contributed by atoms with Crippen molar-refractivity contribution in [2.24, 2.45) is 0 Å². The Labute approximate surface area is 123 Å². The predicted octanol–water partition coefficient (Wildman–Crippen LogP) is 1.41. The van der Waals surface area contributed by atoms with Crippen LogP contribution in [0.2, 0.25) is 0 Å². The zero-order valence-corrected chi connectivity index (χ0v) is 12.3. The second-order valence-electron chi connectivity index (χ2n) is 4.29. The molecule has 110 valence electrons. The van der Waals surface area contributed by atoms with Gasteiger partial charge in [0.15, 0.2) is 0 Å². The summed E-state index contributed by atoms with van der Waals surface area (Å²) in [6, 6.07) is 9.86. The zero-order valence-electron chi connectivity index (χ0n) is 11.5. The summed E-state index contributed by atoms with van der Waals surface area (Å²) < 4.78 is 32.4. The van der Waals surface area contributed by atoms with Gasteiger partial charge in [-0.05, 0) is 31.2 Å². The molecule has 1 aromatic heterocycles. The summed E-state index contributed by atoms with van der Waals surface area (Å²) in [7, 11) is -3.70. The molecule has 1 aromatic carbocycles. The molecular formula is C15H15NO4S. The summed E-state index contributed by atoms with van der Waals surface area (Å²) in [5, 5.41) is 8.72. The molecule has 0 amide bonds. The third-order valence-corrected chi connectivity index (χ3v) is 4.17. The van der Waals surface area contributed by atoms with Crippen LogP contribution in [0.4, 0.5) is 0 Å². The van der Waals surface area contributed by atoms with E-state index in [2.05, 4.69) is 16.6 Å². The van der Waals surface area contributed by atoms with Crippen LogP contribution in [0.3, 0.4) is 0 Å². The number of nitrogens with one attached hydrogen (secondary N) is 1. The molecule has 0 saturated carbocycles. The molecule has 0 aliphatic heterocycles. The Balaban J connectivity index is 2.23. The number of aryl methyl sites for hydroxylation is 1. The van der Waals surface area contributed by atoms with E-state index < -0.39 is 10.0 Å². The summed E-state index contributed by atoms with van der Waals surface area (Å²) >= 11 is 0. The highest BCUT2D eigenvalue weighted by Crippen LogP contribution is 2.15. The van der Waals surface area contributed by atoms with E-state index in [1.54, 1.807) is 37.3 Å². The molecule has 0 atom stereocenters. The van der Waals surface area contributed by atoms with Crippen LogP contribution in [0, 0.1) is 18.8 Å². The van der Waals surface area contributed by atoms with Crippen LogP contribution < -0.4 is 4.72 Å². The fourth-order valence-electron chi connectivity index (χ4n) is 1.76. The van der Waals surface area contributed by atoms with E-state index in [1.165, 1.54) is 6.07 Å². The Hall–Kier alpha value is -2.07. The lowest BCUT2D eigenvalue weighted by Crippen LogP contribution is -2.23. The smallest absolute Gasteiger partial charge is 0.242 e. The Morgan fingerprint density at radius 1 is 1.24 bits per heavy atom. The third-order valence-electron chi connectivity index (χ3n) is 2.71. The van der Waals surface area contributed by atoms with Crippen LogP contribution in [0.5, 0.6) is 0 Å². The molecule has 2 aromatic rings. The number of hydrogen-bond acceptors (Lipinski definition) is 4. The van der Waals surface area contributed by atoms with Gasteiger partial charge in [-0.15, -0.1) is 0 Å². The summed E-state index contributed by atoms with van der Waals surface area (Å²) in [6.45, 7) is 1.53. The fourth-order valence-corrected chi connectivity index (χ4v) is 2.92. The largest absolute Gasteiger partial charge is 0.465 e. The molecule has 0 aliphatic rings. The fraction of sp³-hybridized carbons (Fsp3) is 0.200. The van der Waals surface area contributed by atoms with E-state index in [0.717, 1.165) is 5.76 Å². The lowest BCUT2D eigenvalue weighted by atomic mass is 10.2. The van der Waals surface area contributed by atoms with Crippen molar-refractivity contribution in [1.29, 1.82) is 0 Å². The molecule has 2 rings (SSSR count). The minimum atomic E-state index is -3.70. The Morgan fingerprint density at radius 2 is 2.00 bits per heavy atom. The maximum atomic E-state index is 12.3. The number of furan rings is 1. The van der Waals surface area contributed by atoms with E-state index in [-0.39, 0.29) is 18.0 Å². The van der Waals surface area contributed by atoms with Crippen molar-refractivity contribution in [3.05, 3.63) is 53.5 Å². The van der Waals surface area contributed by atoms with Crippen molar-refractivity contribution in [3.63, 3.8) is 0 Å². The van der Waals surface area contributed by atoms with Crippen LogP contribution in [0.15, 0.2) is 45.7 Å². The zero-order chi connectivity index (χ0) is 15.3. The highest BCUT2D eigenvalue weighted by atomic mass is 32.2. The average Bonchev–Trinajstić information content (AvgIpc) is 2.89. The highest BCUT2D eigenvalue weighted by Gasteiger charge is 2.17. The predicted molar refractivity (Wildman–Crippen MR) is 77.9 cm³/mol. The molecule has 0 saturated heterocycles. The van der Waals surface area contributed by atoms with Gasteiger partial charge in [0.2, 0.25) is 10.0 Å². The lowest BCUT2D eigenvalue weighted by molar-refractivity contribution is 0.350. The number of benzene rings is 1. The summed E-state index contributed by atoms with van der Waals surface area (Å²) in [6.07, 6.45) is 0. The van der Waals surface area contributed by atoms with Gasteiger partial charge in [0, 0.05) is 5.56 Å². The van der Waals surface area contributed by atoms with Gasteiger partial charge in [-0.3, -0.25) is 0 Å². The van der Waals surface area contributed by atoms with Crippen molar-refractivity contribution in [2.45, 2.75) is 18.4 Å². The maximum absolute atomic E-state index is 12.3. The molecule has 0 bridgehead atoms. The Bertz CT molecular complexity index is 781. The van der Waals surface area contributed by atoms with E-state index in [9.17, 15) is 8.42 Å². The molecule has 1 heterocycles. The van der Waals surface area contributed by atoms with Crippen molar-refractivity contribution >= 4 is 10.0 Å². The molecule has 21 heavy (non-hydrogen) atoms. The third kappa shape index (κ3) is 3.95. The van der Waals surface area contributed by atoms with Gasteiger partial charge in [-0.2, -0.15) is 0 Å². The van der Waals surface area contributed by atoms with E-state index in [0.29, 0.717) is 11.3 Å². The first-order valence-corrected chi connectivity index (χ1v) is 7.75. The van der Waals surface area contributed by atoms with Crippen LogP contribution in [-0.2, 0) is 16.6 Å². The molecule has 0 radical (unpaired) electrons. The monoisotopic (exact) mass is 305 g/mol. The first-order valence-electron chi connectivity index (χ1n) is 6.26. The van der Waals surface area contributed by atoms with Crippen LogP contribution in [0.1, 0.15) is 17.1 Å². The molecule has 0 unspecified atom stereocenters. The summed E-state index contributed by atoms with van der Waals surface area (Å²) in [4.78, 5) is 0.0780. The van der Waals surface area contributed by atoms with Gasteiger partial charge in [-0.1, -0.05) is 24.0 Å². The molecule has 0 fully saturated rings. The standard InChI is InChI=1S/C15H15NO4S/c1-12-8-9-14(20-12)11-16-21(18,19)15-7-3-2-5-13(15)6-4-10-17/h2-3,5,7-9,16-17H,10-11H2,1H3. The molecule has 0 spiro atoms. The lowest BCUT2D eigenvalue weighted by Gasteiger charge is -2.07. The van der Waals surface area contributed by atoms with Crippen LogP contribution >= 0.6 is 0 Å². The highest BCUT2D eigenvalue weighted by molar-refractivity contribution is 7.89. The number of aliphatic hydroxyl groups excluding tert-OH is 1. The average molecular weight is 305 g/mol. The first kappa shape index (κ1) is 15.3. The van der Waals surface area contributed by atoms with Crippen molar-refractivity contribution in [2.75, 3.05) is 6.61 Å². The van der Waals surface area contributed by atoms with Gasteiger partial charge < -0.3 is 9.52 Å². The molecule has 2 N–H and O–H groups in total. The van der Waals surface area contributed by atoms with Crippen molar-refractivity contribution in [3.8, 4) is 11.8 Å².